The summed E-state index contributed by atoms with van der Waals surface area (Å²) in [7, 11) is 0. The van der Waals surface area contributed by atoms with Crippen LogP contribution in [0.5, 0.6) is 5.75 Å². The maximum absolute atomic E-state index is 16.7. The number of halogens is 5. The Labute approximate surface area is 255 Å². The van der Waals surface area contributed by atoms with Crippen LogP contribution in [0.25, 0.3) is 32.8 Å². The molecular weight excluding hydrogens is 600 g/mol. The van der Waals surface area contributed by atoms with Gasteiger partial charge in [-0.15, -0.1) is 0 Å². The van der Waals surface area contributed by atoms with E-state index in [1.165, 1.54) is 17.0 Å². The fraction of sp³-hybridized carbons (Fsp3) is 0.323. The molecule has 0 spiro atoms. The molecule has 13 heteroatoms. The van der Waals surface area contributed by atoms with Crippen LogP contribution in [0.2, 0.25) is 5.02 Å². The largest absolute Gasteiger partial charge is 0.508 e. The van der Waals surface area contributed by atoms with Crippen molar-refractivity contribution in [1.82, 2.24) is 19.8 Å². The lowest BCUT2D eigenvalue weighted by Crippen LogP contribution is -2.48. The number of carbonyl (C=O) groups excluding carboxylic acids is 1. The maximum Gasteiger partial charge on any atom is 0.401 e. The van der Waals surface area contributed by atoms with Gasteiger partial charge in [0.2, 0.25) is 11.9 Å². The number of fused-ring (bicyclic) bond motifs is 2. The number of carbonyl (C=O) groups is 1. The van der Waals surface area contributed by atoms with Gasteiger partial charge in [-0.3, -0.25) is 9.69 Å². The van der Waals surface area contributed by atoms with Crippen LogP contribution in [0.15, 0.2) is 55.1 Å². The van der Waals surface area contributed by atoms with E-state index in [2.05, 4.69) is 16.9 Å². The molecule has 8 nitrogen and oxygen atoms in total. The molecule has 0 radical (unpaired) electrons. The summed E-state index contributed by atoms with van der Waals surface area (Å²) in [6.07, 6.45) is -2.63. The Morgan fingerprint density at radius 2 is 1.84 bits per heavy atom. The number of phenols is 1. The van der Waals surface area contributed by atoms with Gasteiger partial charge in [-0.1, -0.05) is 42.4 Å². The topological polar surface area (TPSA) is 84.8 Å². The number of hydrogen-bond donors (Lipinski definition) is 2. The van der Waals surface area contributed by atoms with Crippen molar-refractivity contribution < 1.29 is 27.5 Å². The number of benzene rings is 3. The van der Waals surface area contributed by atoms with Crippen LogP contribution >= 0.6 is 11.6 Å². The lowest BCUT2D eigenvalue weighted by atomic mass is 9.96. The summed E-state index contributed by atoms with van der Waals surface area (Å²) in [6, 6.07) is 11.5. The molecule has 0 saturated carbocycles. The summed E-state index contributed by atoms with van der Waals surface area (Å²) in [6.45, 7) is 4.46. The van der Waals surface area contributed by atoms with E-state index in [9.17, 15) is 23.1 Å². The summed E-state index contributed by atoms with van der Waals surface area (Å²) in [5.74, 6) is -0.510. The zero-order valence-corrected chi connectivity index (χ0v) is 24.3. The number of aromatic nitrogens is 2. The normalized spacial score (nSPS) is 17.9. The van der Waals surface area contributed by atoms with Crippen molar-refractivity contribution in [1.29, 1.82) is 0 Å². The first-order valence-electron chi connectivity index (χ1n) is 14.1. The third-order valence-corrected chi connectivity index (χ3v) is 8.35. The Balaban J connectivity index is 1.44. The van der Waals surface area contributed by atoms with E-state index in [-0.39, 0.29) is 52.8 Å². The van der Waals surface area contributed by atoms with Crippen LogP contribution in [-0.2, 0) is 4.79 Å². The number of amides is 1. The quantitative estimate of drug-likeness (QED) is 0.205. The molecule has 2 fully saturated rings. The number of alkyl halides is 3. The fourth-order valence-electron chi connectivity index (χ4n) is 6.03. The Hall–Kier alpha value is -4.16. The molecule has 1 aromatic heterocycles. The van der Waals surface area contributed by atoms with E-state index in [1.807, 2.05) is 11.0 Å². The average Bonchev–Trinajstić information content (AvgIpc) is 3.41. The molecule has 4 aromatic rings. The van der Waals surface area contributed by atoms with Crippen LogP contribution in [-0.4, -0.2) is 88.8 Å². The highest BCUT2D eigenvalue weighted by Gasteiger charge is 2.35. The van der Waals surface area contributed by atoms with E-state index >= 15 is 4.39 Å². The molecule has 230 valence electrons. The first kappa shape index (κ1) is 29.9. The van der Waals surface area contributed by atoms with Crippen molar-refractivity contribution in [2.75, 3.05) is 56.0 Å². The van der Waals surface area contributed by atoms with Gasteiger partial charge in [0.25, 0.3) is 0 Å². The highest BCUT2D eigenvalue weighted by Crippen LogP contribution is 2.42. The predicted octanol–water partition coefficient (Wildman–Crippen LogP) is 5.83. The monoisotopic (exact) mass is 628 g/mol. The highest BCUT2D eigenvalue weighted by molar-refractivity contribution is 6.35. The van der Waals surface area contributed by atoms with Gasteiger partial charge in [0.1, 0.15) is 17.1 Å². The van der Waals surface area contributed by atoms with E-state index in [0.29, 0.717) is 60.1 Å². The molecule has 2 saturated heterocycles. The fourth-order valence-corrected chi connectivity index (χ4v) is 6.33. The standard InChI is InChI=1S/C31H29ClF4N6O2/c1-2-25(44)41-9-11-42(12-10-41)29-23-15-24(32)26(22-14-20(43)13-18-5-3-4-6-21(18)22)27(33)28(23)38-30(39-29)37-19-7-8-40(16-19)17-31(34,35)36/h2-6,13-15,19,43H,1,7-12,16-17H2,(H,37,38,39). The smallest absolute Gasteiger partial charge is 0.401 e. The molecule has 2 N–H and O–H groups in total. The number of likely N-dealkylation sites (tertiary alicyclic amines) is 1. The van der Waals surface area contributed by atoms with Crippen LogP contribution in [0.4, 0.5) is 29.3 Å². The van der Waals surface area contributed by atoms with Gasteiger partial charge in [-0.25, -0.2) is 9.37 Å². The minimum absolute atomic E-state index is 0.0286. The Kier molecular flexibility index (Phi) is 7.97. The zero-order valence-electron chi connectivity index (χ0n) is 23.5. The molecule has 44 heavy (non-hydrogen) atoms. The molecule has 1 amide bonds. The van der Waals surface area contributed by atoms with Crippen LogP contribution < -0.4 is 10.2 Å². The van der Waals surface area contributed by atoms with E-state index < -0.39 is 18.5 Å². The van der Waals surface area contributed by atoms with Gasteiger partial charge in [-0.2, -0.15) is 18.2 Å². The SMILES string of the molecule is C=CC(=O)N1CCN(c2nc(NC3CCN(CC(F)(F)F)C3)nc3c(F)c(-c4cc(O)cc5ccccc45)c(Cl)cc23)CC1. The lowest BCUT2D eigenvalue weighted by Gasteiger charge is -2.35. The Morgan fingerprint density at radius 1 is 1.09 bits per heavy atom. The second-order valence-corrected chi connectivity index (χ2v) is 11.4. The summed E-state index contributed by atoms with van der Waals surface area (Å²) in [5.41, 5.74) is 0.411. The molecule has 2 aliphatic heterocycles. The first-order chi connectivity index (χ1) is 21.0. The number of rotatable bonds is 6. The van der Waals surface area contributed by atoms with Crippen LogP contribution in [0.3, 0.4) is 0 Å². The number of aromatic hydroxyl groups is 1. The van der Waals surface area contributed by atoms with Gasteiger partial charge in [0.05, 0.1) is 11.6 Å². The summed E-state index contributed by atoms with van der Waals surface area (Å²) in [5, 5.41) is 15.4. The molecule has 1 unspecified atom stereocenters. The number of nitrogens with one attached hydrogen (secondary N) is 1. The van der Waals surface area contributed by atoms with Gasteiger partial charge in [0.15, 0.2) is 5.82 Å². The predicted molar refractivity (Wildman–Crippen MR) is 163 cm³/mol. The van der Waals surface area contributed by atoms with E-state index in [4.69, 9.17) is 16.6 Å². The van der Waals surface area contributed by atoms with E-state index in [0.717, 1.165) is 0 Å². The average molecular weight is 629 g/mol. The van der Waals surface area contributed by atoms with Crippen molar-refractivity contribution >= 4 is 50.9 Å². The molecule has 3 aromatic carbocycles. The molecule has 0 bridgehead atoms. The summed E-state index contributed by atoms with van der Waals surface area (Å²) >= 11 is 6.76. The van der Waals surface area contributed by atoms with Crippen LogP contribution in [0, 0.1) is 5.82 Å². The molecular formula is C31H29ClF4N6O2. The third-order valence-electron chi connectivity index (χ3n) is 8.05. The maximum atomic E-state index is 16.7. The Bertz CT molecular complexity index is 1760. The minimum Gasteiger partial charge on any atom is -0.508 e. The summed E-state index contributed by atoms with van der Waals surface area (Å²) < 4.78 is 55.6. The van der Waals surface area contributed by atoms with Gasteiger partial charge >= 0.3 is 6.18 Å². The lowest BCUT2D eigenvalue weighted by molar-refractivity contribution is -0.143. The number of nitrogens with zero attached hydrogens (tertiary/aromatic N) is 5. The molecule has 1 atom stereocenters. The number of phenolic OH excluding ortho intramolecular Hbond substituents is 1. The van der Waals surface area contributed by atoms with Gasteiger partial charge < -0.3 is 20.2 Å². The number of piperazine rings is 1. The van der Waals surface area contributed by atoms with E-state index in [1.54, 1.807) is 35.2 Å². The number of anilines is 2. The molecule has 0 aliphatic carbocycles. The first-order valence-corrected chi connectivity index (χ1v) is 14.5. The van der Waals surface area contributed by atoms with Crippen molar-refractivity contribution in [2.24, 2.45) is 0 Å². The number of hydrogen-bond acceptors (Lipinski definition) is 7. The second-order valence-electron chi connectivity index (χ2n) is 11.0. The van der Waals surface area contributed by atoms with Gasteiger partial charge in [0, 0.05) is 56.3 Å². The van der Waals surface area contributed by atoms with Crippen LogP contribution in [0.1, 0.15) is 6.42 Å². The van der Waals surface area contributed by atoms with Gasteiger partial charge in [-0.05, 0) is 47.0 Å². The Morgan fingerprint density at radius 3 is 2.57 bits per heavy atom. The van der Waals surface area contributed by atoms with Crippen molar-refractivity contribution in [3.05, 3.63) is 66.0 Å². The van der Waals surface area contributed by atoms with Crippen molar-refractivity contribution in [2.45, 2.75) is 18.6 Å². The summed E-state index contributed by atoms with van der Waals surface area (Å²) in [4.78, 5) is 26.2. The highest BCUT2D eigenvalue weighted by atomic mass is 35.5. The molecule has 6 rings (SSSR count). The second kappa shape index (κ2) is 11.7. The van der Waals surface area contributed by atoms with Crippen molar-refractivity contribution in [3.63, 3.8) is 0 Å². The zero-order chi connectivity index (χ0) is 31.2. The minimum atomic E-state index is -4.31. The third kappa shape index (κ3) is 5.96. The van der Waals surface area contributed by atoms with Crippen molar-refractivity contribution in [3.8, 4) is 16.9 Å². The molecule has 2 aliphatic rings. The molecule has 3 heterocycles.